The molecule has 0 saturated carbocycles. The maximum absolute atomic E-state index is 5.54. The van der Waals surface area contributed by atoms with Gasteiger partial charge in [-0.25, -0.2) is 0 Å². The summed E-state index contributed by atoms with van der Waals surface area (Å²) in [6.07, 6.45) is 2.09. The van der Waals surface area contributed by atoms with E-state index in [1.54, 1.807) is 0 Å². The maximum Gasteiger partial charge on any atom is 0.247 e. The standard InChI is InChI=1S/C10H17BrN2O/c1-7(2)14-9-8(11)6-13(12-9)10(3,4)5/h6-7H,1-5H3. The zero-order valence-corrected chi connectivity index (χ0v) is 10.9. The van der Waals surface area contributed by atoms with Crippen LogP contribution >= 0.6 is 15.9 Å². The summed E-state index contributed by atoms with van der Waals surface area (Å²) in [5.41, 5.74) is -0.0128. The van der Waals surface area contributed by atoms with Crippen LogP contribution in [-0.2, 0) is 5.54 Å². The lowest BCUT2D eigenvalue weighted by atomic mass is 10.1. The van der Waals surface area contributed by atoms with Crippen molar-refractivity contribution in [1.82, 2.24) is 9.78 Å². The summed E-state index contributed by atoms with van der Waals surface area (Å²) >= 11 is 3.43. The molecule has 0 aliphatic carbocycles. The third kappa shape index (κ3) is 2.74. The molecule has 0 amide bonds. The van der Waals surface area contributed by atoms with Crippen molar-refractivity contribution in [1.29, 1.82) is 0 Å². The average Bonchev–Trinajstić information content (AvgIpc) is 2.30. The Balaban J connectivity index is 2.94. The Morgan fingerprint density at radius 1 is 1.43 bits per heavy atom. The second-order valence-electron chi connectivity index (χ2n) is 4.56. The van der Waals surface area contributed by atoms with Crippen molar-refractivity contribution in [3.63, 3.8) is 0 Å². The van der Waals surface area contributed by atoms with Crippen molar-refractivity contribution >= 4 is 15.9 Å². The molecule has 0 aliphatic rings. The first kappa shape index (κ1) is 11.6. The molecule has 1 aromatic heterocycles. The third-order valence-electron chi connectivity index (χ3n) is 1.67. The molecule has 0 aliphatic heterocycles. The summed E-state index contributed by atoms with van der Waals surface area (Å²) in [6.45, 7) is 10.3. The fraction of sp³-hybridized carbons (Fsp3) is 0.700. The van der Waals surface area contributed by atoms with E-state index < -0.39 is 0 Å². The molecule has 1 rings (SSSR count). The van der Waals surface area contributed by atoms with E-state index in [0.29, 0.717) is 5.88 Å². The van der Waals surface area contributed by atoms with Crippen LogP contribution in [0.5, 0.6) is 5.88 Å². The van der Waals surface area contributed by atoms with Crippen LogP contribution in [0.1, 0.15) is 34.6 Å². The molecule has 0 spiro atoms. The minimum atomic E-state index is -0.0128. The Hall–Kier alpha value is -0.510. The molecule has 0 unspecified atom stereocenters. The van der Waals surface area contributed by atoms with E-state index in [4.69, 9.17) is 4.74 Å². The SMILES string of the molecule is CC(C)Oc1nn(C(C)(C)C)cc1Br. The molecule has 0 atom stereocenters. The summed E-state index contributed by atoms with van der Waals surface area (Å²) in [4.78, 5) is 0. The minimum Gasteiger partial charge on any atom is -0.473 e. The Morgan fingerprint density at radius 2 is 2.00 bits per heavy atom. The van der Waals surface area contributed by atoms with Gasteiger partial charge < -0.3 is 4.74 Å². The van der Waals surface area contributed by atoms with E-state index in [9.17, 15) is 0 Å². The number of rotatable bonds is 2. The second kappa shape index (κ2) is 3.93. The van der Waals surface area contributed by atoms with Gasteiger partial charge in [0.2, 0.25) is 5.88 Å². The molecule has 14 heavy (non-hydrogen) atoms. The van der Waals surface area contributed by atoms with Crippen LogP contribution in [0.2, 0.25) is 0 Å². The molecule has 0 bridgehead atoms. The fourth-order valence-electron chi connectivity index (χ4n) is 0.984. The first-order valence-electron chi connectivity index (χ1n) is 4.73. The Morgan fingerprint density at radius 3 is 2.36 bits per heavy atom. The van der Waals surface area contributed by atoms with Gasteiger partial charge in [0, 0.05) is 6.20 Å². The van der Waals surface area contributed by atoms with E-state index in [0.717, 1.165) is 4.47 Å². The van der Waals surface area contributed by atoms with Gasteiger partial charge in [0.25, 0.3) is 0 Å². The predicted molar refractivity (Wildman–Crippen MR) is 60.7 cm³/mol. The van der Waals surface area contributed by atoms with Gasteiger partial charge in [0.15, 0.2) is 0 Å². The molecule has 80 valence electrons. The Bertz CT molecular complexity index is 312. The van der Waals surface area contributed by atoms with Gasteiger partial charge in [-0.05, 0) is 50.5 Å². The predicted octanol–water partition coefficient (Wildman–Crippen LogP) is 3.19. The van der Waals surface area contributed by atoms with Gasteiger partial charge in [-0.15, -0.1) is 5.10 Å². The van der Waals surface area contributed by atoms with E-state index in [-0.39, 0.29) is 11.6 Å². The number of hydrogen-bond donors (Lipinski definition) is 0. The summed E-state index contributed by atoms with van der Waals surface area (Å²) in [5.74, 6) is 0.662. The van der Waals surface area contributed by atoms with Crippen LogP contribution in [0, 0.1) is 0 Å². The van der Waals surface area contributed by atoms with Crippen molar-refractivity contribution in [3.05, 3.63) is 10.7 Å². The number of nitrogens with zero attached hydrogens (tertiary/aromatic N) is 2. The molecule has 0 radical (unpaired) electrons. The molecule has 0 fully saturated rings. The Kier molecular flexibility index (Phi) is 3.24. The lowest BCUT2D eigenvalue weighted by Crippen LogP contribution is -2.22. The monoisotopic (exact) mass is 260 g/mol. The van der Waals surface area contributed by atoms with Gasteiger partial charge in [-0.1, -0.05) is 0 Å². The Labute approximate surface area is 93.6 Å². The van der Waals surface area contributed by atoms with Crippen LogP contribution in [0.4, 0.5) is 0 Å². The molecule has 1 heterocycles. The highest BCUT2D eigenvalue weighted by Crippen LogP contribution is 2.26. The van der Waals surface area contributed by atoms with Crippen molar-refractivity contribution in [3.8, 4) is 5.88 Å². The number of ether oxygens (including phenoxy) is 1. The van der Waals surface area contributed by atoms with Crippen LogP contribution in [-0.4, -0.2) is 15.9 Å². The molecule has 3 nitrogen and oxygen atoms in total. The second-order valence-corrected chi connectivity index (χ2v) is 5.42. The molecular weight excluding hydrogens is 244 g/mol. The summed E-state index contributed by atoms with van der Waals surface area (Å²) < 4.78 is 8.34. The third-order valence-corrected chi connectivity index (χ3v) is 2.22. The van der Waals surface area contributed by atoms with Gasteiger partial charge >= 0.3 is 0 Å². The van der Waals surface area contributed by atoms with Crippen LogP contribution in [0.3, 0.4) is 0 Å². The van der Waals surface area contributed by atoms with E-state index >= 15 is 0 Å². The highest BCUT2D eigenvalue weighted by molar-refractivity contribution is 9.10. The summed E-state index contributed by atoms with van der Waals surface area (Å²) in [5, 5.41) is 4.37. The summed E-state index contributed by atoms with van der Waals surface area (Å²) in [7, 11) is 0. The molecule has 0 saturated heterocycles. The van der Waals surface area contributed by atoms with Crippen molar-refractivity contribution < 1.29 is 4.74 Å². The number of halogens is 1. The average molecular weight is 261 g/mol. The van der Waals surface area contributed by atoms with Crippen molar-refractivity contribution in [2.24, 2.45) is 0 Å². The largest absolute Gasteiger partial charge is 0.473 e. The van der Waals surface area contributed by atoms with Crippen molar-refractivity contribution in [2.45, 2.75) is 46.3 Å². The fourth-order valence-corrected chi connectivity index (χ4v) is 1.35. The smallest absolute Gasteiger partial charge is 0.247 e. The maximum atomic E-state index is 5.54. The van der Waals surface area contributed by atoms with Crippen LogP contribution in [0.25, 0.3) is 0 Å². The zero-order valence-electron chi connectivity index (χ0n) is 9.34. The number of hydrogen-bond acceptors (Lipinski definition) is 2. The molecule has 0 N–H and O–H groups in total. The van der Waals surface area contributed by atoms with Gasteiger partial charge in [-0.2, -0.15) is 0 Å². The highest BCUT2D eigenvalue weighted by atomic mass is 79.9. The normalized spacial score (nSPS) is 12.2. The van der Waals surface area contributed by atoms with Gasteiger partial charge in [-0.3, -0.25) is 4.68 Å². The lowest BCUT2D eigenvalue weighted by Gasteiger charge is -2.18. The quantitative estimate of drug-likeness (QED) is 0.817. The first-order chi connectivity index (χ1) is 6.30. The van der Waals surface area contributed by atoms with Gasteiger partial charge in [0.05, 0.1) is 16.1 Å². The van der Waals surface area contributed by atoms with Crippen molar-refractivity contribution in [2.75, 3.05) is 0 Å². The highest BCUT2D eigenvalue weighted by Gasteiger charge is 2.18. The topological polar surface area (TPSA) is 27.1 Å². The van der Waals surface area contributed by atoms with E-state index in [1.807, 2.05) is 24.7 Å². The van der Waals surface area contributed by atoms with E-state index in [2.05, 4.69) is 41.8 Å². The van der Waals surface area contributed by atoms with Crippen LogP contribution in [0.15, 0.2) is 10.7 Å². The van der Waals surface area contributed by atoms with Gasteiger partial charge in [0.1, 0.15) is 0 Å². The zero-order chi connectivity index (χ0) is 10.9. The molecule has 1 aromatic rings. The number of aromatic nitrogens is 2. The molecule has 0 aromatic carbocycles. The first-order valence-corrected chi connectivity index (χ1v) is 5.52. The molecule has 4 heteroatoms. The lowest BCUT2D eigenvalue weighted by molar-refractivity contribution is 0.223. The molecular formula is C10H17BrN2O. The summed E-state index contributed by atoms with van der Waals surface area (Å²) in [6, 6.07) is 0. The van der Waals surface area contributed by atoms with Crippen LogP contribution < -0.4 is 4.74 Å². The van der Waals surface area contributed by atoms with E-state index in [1.165, 1.54) is 0 Å². The minimum absolute atomic E-state index is 0.0128.